The molecule has 1 aromatic heterocycles. The average Bonchev–Trinajstić information content (AvgIpc) is 3.33. The van der Waals surface area contributed by atoms with E-state index in [0.29, 0.717) is 35.9 Å². The maximum Gasteiger partial charge on any atom is 0.244 e. The zero-order valence-corrected chi connectivity index (χ0v) is 20.6. The summed E-state index contributed by atoms with van der Waals surface area (Å²) in [7, 11) is 4.69. The van der Waals surface area contributed by atoms with Crippen LogP contribution in [-0.4, -0.2) is 37.0 Å². The van der Waals surface area contributed by atoms with Crippen LogP contribution in [0.5, 0.6) is 17.2 Å². The highest BCUT2D eigenvalue weighted by atomic mass is 16.5. The van der Waals surface area contributed by atoms with Crippen LogP contribution in [0.1, 0.15) is 16.7 Å². The third-order valence-corrected chi connectivity index (χ3v) is 5.68. The Morgan fingerprint density at radius 1 is 0.889 bits per heavy atom. The van der Waals surface area contributed by atoms with E-state index in [1.54, 1.807) is 39.5 Å². The number of ether oxygens (including phenoxy) is 3. The van der Waals surface area contributed by atoms with Crippen LogP contribution in [0.4, 0.5) is 0 Å². The number of nitrogens with zero attached hydrogens (tertiary/aromatic N) is 2. The zero-order valence-electron chi connectivity index (χ0n) is 20.6. The summed E-state index contributed by atoms with van der Waals surface area (Å²) < 4.78 is 18.0. The van der Waals surface area contributed by atoms with Crippen molar-refractivity contribution < 1.29 is 19.0 Å². The first-order valence-corrected chi connectivity index (χ1v) is 11.5. The number of carbonyl (C=O) groups excluding carboxylic acids is 1. The van der Waals surface area contributed by atoms with E-state index in [4.69, 9.17) is 19.3 Å². The Kier molecular flexibility index (Phi) is 8.03. The molecule has 0 aliphatic carbocycles. The van der Waals surface area contributed by atoms with Crippen molar-refractivity contribution in [1.29, 1.82) is 0 Å². The van der Waals surface area contributed by atoms with Crippen LogP contribution in [0.15, 0.2) is 85.1 Å². The molecule has 4 rings (SSSR count). The van der Waals surface area contributed by atoms with E-state index >= 15 is 0 Å². The van der Waals surface area contributed by atoms with Crippen molar-refractivity contribution >= 4 is 12.0 Å². The second-order valence-corrected chi connectivity index (χ2v) is 8.05. The number of methoxy groups -OCH3 is 3. The van der Waals surface area contributed by atoms with Crippen molar-refractivity contribution in [2.45, 2.75) is 13.1 Å². The van der Waals surface area contributed by atoms with E-state index in [9.17, 15) is 4.79 Å². The van der Waals surface area contributed by atoms with Gasteiger partial charge in [0.05, 0.1) is 33.6 Å². The topological polar surface area (TPSA) is 74.6 Å². The summed E-state index contributed by atoms with van der Waals surface area (Å²) in [4.78, 5) is 12.7. The second kappa shape index (κ2) is 11.8. The van der Waals surface area contributed by atoms with Gasteiger partial charge in [-0.2, -0.15) is 5.10 Å². The van der Waals surface area contributed by atoms with Gasteiger partial charge in [0.25, 0.3) is 0 Å². The summed E-state index contributed by atoms with van der Waals surface area (Å²) in [5, 5.41) is 7.78. The number of hydrogen-bond acceptors (Lipinski definition) is 5. The quantitative estimate of drug-likeness (QED) is 0.323. The number of rotatable bonds is 10. The maximum atomic E-state index is 12.7. The third kappa shape index (κ3) is 5.93. The number of amides is 1. The van der Waals surface area contributed by atoms with Gasteiger partial charge in [-0.25, -0.2) is 0 Å². The van der Waals surface area contributed by atoms with Gasteiger partial charge in [-0.15, -0.1) is 0 Å². The fourth-order valence-electron chi connectivity index (χ4n) is 3.87. The molecule has 36 heavy (non-hydrogen) atoms. The molecule has 7 nitrogen and oxygen atoms in total. The second-order valence-electron chi connectivity index (χ2n) is 8.05. The third-order valence-electron chi connectivity index (χ3n) is 5.68. The molecule has 0 bridgehead atoms. The van der Waals surface area contributed by atoms with Gasteiger partial charge in [-0.3, -0.25) is 9.48 Å². The standard InChI is InChI=1S/C29H29N3O4/c1-34-25-17-27(36-3)26(35-2)16-23(25)14-15-28(33)30-18-24-20-32(19-21-10-6-4-7-11-21)31-29(24)22-12-8-5-9-13-22/h4-17,20H,18-19H2,1-3H3,(H,30,33)/b15-14+. The lowest BCUT2D eigenvalue weighted by Crippen LogP contribution is -2.20. The molecular weight excluding hydrogens is 454 g/mol. The summed E-state index contributed by atoms with van der Waals surface area (Å²) in [5.74, 6) is 1.44. The minimum atomic E-state index is -0.235. The molecule has 0 aliphatic heterocycles. The van der Waals surface area contributed by atoms with Gasteiger partial charge in [-0.1, -0.05) is 60.7 Å². The lowest BCUT2D eigenvalue weighted by molar-refractivity contribution is -0.116. The van der Waals surface area contributed by atoms with E-state index in [1.807, 2.05) is 59.4 Å². The van der Waals surface area contributed by atoms with Crippen molar-refractivity contribution in [1.82, 2.24) is 15.1 Å². The lowest BCUT2D eigenvalue weighted by atomic mass is 10.1. The number of carbonyl (C=O) groups is 1. The summed E-state index contributed by atoms with van der Waals surface area (Å²) in [6.07, 6.45) is 5.14. The lowest BCUT2D eigenvalue weighted by Gasteiger charge is -2.12. The van der Waals surface area contributed by atoms with Gasteiger partial charge in [0.2, 0.25) is 5.91 Å². The molecule has 0 radical (unpaired) electrons. The number of hydrogen-bond donors (Lipinski definition) is 1. The molecule has 1 heterocycles. The van der Waals surface area contributed by atoms with Crippen LogP contribution in [-0.2, 0) is 17.9 Å². The van der Waals surface area contributed by atoms with Crippen LogP contribution >= 0.6 is 0 Å². The highest BCUT2D eigenvalue weighted by Crippen LogP contribution is 2.35. The van der Waals surface area contributed by atoms with Crippen LogP contribution in [0.3, 0.4) is 0 Å². The summed E-state index contributed by atoms with van der Waals surface area (Å²) in [6, 6.07) is 23.6. The molecule has 1 N–H and O–H groups in total. The molecule has 0 atom stereocenters. The Balaban J connectivity index is 1.51. The molecular formula is C29H29N3O4. The number of aromatic nitrogens is 2. The van der Waals surface area contributed by atoms with Crippen molar-refractivity contribution in [3.63, 3.8) is 0 Å². The van der Waals surface area contributed by atoms with E-state index in [2.05, 4.69) is 17.4 Å². The Labute approximate surface area is 210 Å². The predicted octanol–water partition coefficient (Wildman–Crippen LogP) is 4.95. The average molecular weight is 484 g/mol. The van der Waals surface area contributed by atoms with Crippen molar-refractivity contribution in [2.75, 3.05) is 21.3 Å². The van der Waals surface area contributed by atoms with Crippen molar-refractivity contribution in [3.8, 4) is 28.5 Å². The van der Waals surface area contributed by atoms with E-state index in [0.717, 1.165) is 22.4 Å². The van der Waals surface area contributed by atoms with Crippen molar-refractivity contribution in [2.24, 2.45) is 0 Å². The zero-order chi connectivity index (χ0) is 25.3. The number of benzene rings is 3. The highest BCUT2D eigenvalue weighted by molar-refractivity contribution is 5.92. The van der Waals surface area contributed by atoms with Gasteiger partial charge in [-0.05, 0) is 17.7 Å². The Bertz CT molecular complexity index is 1330. The van der Waals surface area contributed by atoms with E-state index in [1.165, 1.54) is 6.08 Å². The molecule has 0 saturated heterocycles. The summed E-state index contributed by atoms with van der Waals surface area (Å²) in [6.45, 7) is 0.985. The fraction of sp³-hybridized carbons (Fsp3) is 0.172. The van der Waals surface area contributed by atoms with Gasteiger partial charge in [0.15, 0.2) is 11.5 Å². The minimum absolute atomic E-state index is 0.235. The molecule has 7 heteroatoms. The molecule has 1 amide bonds. The molecule has 0 fully saturated rings. The van der Waals surface area contributed by atoms with E-state index < -0.39 is 0 Å². The first-order valence-electron chi connectivity index (χ1n) is 11.5. The largest absolute Gasteiger partial charge is 0.496 e. The highest BCUT2D eigenvalue weighted by Gasteiger charge is 2.13. The summed E-state index contributed by atoms with van der Waals surface area (Å²) in [5.41, 5.74) is 4.63. The SMILES string of the molecule is COc1cc(OC)c(OC)cc1/C=C/C(=O)NCc1cn(Cc2ccccc2)nc1-c1ccccc1. The monoisotopic (exact) mass is 483 g/mol. The Morgan fingerprint density at radius 2 is 1.53 bits per heavy atom. The van der Waals surface area contributed by atoms with Gasteiger partial charge < -0.3 is 19.5 Å². The molecule has 0 unspecified atom stereocenters. The van der Waals surface area contributed by atoms with E-state index in [-0.39, 0.29) is 5.91 Å². The maximum absolute atomic E-state index is 12.7. The molecule has 0 aliphatic rings. The van der Waals surface area contributed by atoms with Gasteiger partial charge in [0.1, 0.15) is 5.75 Å². The normalized spacial score (nSPS) is 10.9. The Morgan fingerprint density at radius 3 is 2.19 bits per heavy atom. The molecule has 3 aromatic carbocycles. The first-order chi connectivity index (χ1) is 17.6. The van der Waals surface area contributed by atoms with Crippen LogP contribution in [0.25, 0.3) is 17.3 Å². The van der Waals surface area contributed by atoms with Crippen LogP contribution < -0.4 is 19.5 Å². The first kappa shape index (κ1) is 24.6. The van der Waals surface area contributed by atoms with Gasteiger partial charge >= 0.3 is 0 Å². The summed E-state index contributed by atoms with van der Waals surface area (Å²) >= 11 is 0. The van der Waals surface area contributed by atoms with Crippen molar-refractivity contribution in [3.05, 3.63) is 102 Å². The fourth-order valence-corrected chi connectivity index (χ4v) is 3.87. The molecule has 0 saturated carbocycles. The molecule has 4 aromatic rings. The number of nitrogens with one attached hydrogen (secondary N) is 1. The van der Waals surface area contributed by atoms with Crippen LogP contribution in [0.2, 0.25) is 0 Å². The predicted molar refractivity (Wildman–Crippen MR) is 140 cm³/mol. The molecule has 0 spiro atoms. The van der Waals surface area contributed by atoms with Crippen LogP contribution in [0, 0.1) is 0 Å². The minimum Gasteiger partial charge on any atom is -0.496 e. The molecule has 184 valence electrons. The Hall–Kier alpha value is -4.52. The van der Waals surface area contributed by atoms with Gasteiger partial charge in [0, 0.05) is 41.6 Å². The smallest absolute Gasteiger partial charge is 0.244 e.